The average molecular weight is 704 g/mol. The van der Waals surface area contributed by atoms with Crippen LogP contribution >= 0.6 is 0 Å². The Morgan fingerprint density at radius 3 is 1.87 bits per heavy atom. The van der Waals surface area contributed by atoms with Gasteiger partial charge in [0.15, 0.2) is 5.96 Å². The number of benzene rings is 4. The van der Waals surface area contributed by atoms with Crippen molar-refractivity contribution in [1.29, 1.82) is 0 Å². The third-order valence-electron chi connectivity index (χ3n) is 9.36. The van der Waals surface area contributed by atoms with E-state index in [0.29, 0.717) is 0 Å². The zero-order valence-corrected chi connectivity index (χ0v) is 29.3. The van der Waals surface area contributed by atoms with E-state index in [-0.39, 0.29) is 43.9 Å². The second-order valence-corrected chi connectivity index (χ2v) is 13.2. The lowest BCUT2D eigenvalue weighted by atomic mass is 9.91. The third-order valence-corrected chi connectivity index (χ3v) is 9.36. The summed E-state index contributed by atoms with van der Waals surface area (Å²) < 4.78 is 0. The van der Waals surface area contributed by atoms with Crippen LogP contribution in [0.2, 0.25) is 0 Å². The highest BCUT2D eigenvalue weighted by atomic mass is 16.3. The minimum Gasteiger partial charge on any atom is -0.508 e. The number of guanidine groups is 1. The van der Waals surface area contributed by atoms with Crippen LogP contribution in [-0.2, 0) is 51.4 Å². The van der Waals surface area contributed by atoms with Crippen LogP contribution in [0.15, 0.2) is 102 Å². The van der Waals surface area contributed by atoms with Gasteiger partial charge in [0.25, 0.3) is 0 Å². The second-order valence-electron chi connectivity index (χ2n) is 13.2. The Hall–Kier alpha value is -6.17. The SMILES string of the molecule is Cc1cc(O)cc(C)c1C[C@H](N=C(N)N)C(=O)N1Cc2ccccc2C[C@H]1C(=O)N[C@@H](Cc1ccccc1)C(=O)N[C@@H](Cc1ccccc1)C(N)=O. The number of phenolic OH excluding ortho intramolecular Hbond substituents is 1. The molecule has 0 aliphatic carbocycles. The third kappa shape index (κ3) is 9.33. The first kappa shape index (κ1) is 37.1. The number of rotatable bonds is 13. The number of carbonyl (C=O) groups excluding carboxylic acids is 4. The van der Waals surface area contributed by atoms with Crippen LogP contribution in [0.1, 0.15) is 38.9 Å². The van der Waals surface area contributed by atoms with E-state index in [4.69, 9.17) is 17.2 Å². The van der Waals surface area contributed by atoms with E-state index >= 15 is 0 Å². The number of carbonyl (C=O) groups is 4. The van der Waals surface area contributed by atoms with Gasteiger partial charge in [-0.05, 0) is 64.9 Å². The number of phenols is 1. The molecule has 1 aliphatic rings. The first-order valence-electron chi connectivity index (χ1n) is 17.1. The van der Waals surface area contributed by atoms with Gasteiger partial charge in [0.2, 0.25) is 23.6 Å². The molecule has 4 aromatic carbocycles. The van der Waals surface area contributed by atoms with Gasteiger partial charge in [-0.3, -0.25) is 19.2 Å². The molecular formula is C40H45N7O5. The van der Waals surface area contributed by atoms with Gasteiger partial charge in [0.1, 0.15) is 29.9 Å². The molecule has 9 N–H and O–H groups in total. The summed E-state index contributed by atoms with van der Waals surface area (Å²) in [7, 11) is 0. The number of aliphatic imine (C=N–C) groups is 1. The Balaban J connectivity index is 1.45. The minimum atomic E-state index is -1.11. The van der Waals surface area contributed by atoms with Crippen molar-refractivity contribution >= 4 is 29.6 Å². The summed E-state index contributed by atoms with van der Waals surface area (Å²) in [6, 6.07) is 24.8. The van der Waals surface area contributed by atoms with E-state index in [1.807, 2.05) is 98.8 Å². The number of nitrogens with one attached hydrogen (secondary N) is 2. The topological polar surface area (TPSA) is 206 Å². The maximum Gasteiger partial charge on any atom is 0.248 e. The number of aryl methyl sites for hydroxylation is 2. The van der Waals surface area contributed by atoms with Crippen molar-refractivity contribution in [2.75, 3.05) is 0 Å². The average Bonchev–Trinajstić information content (AvgIpc) is 3.11. The molecule has 0 spiro atoms. The largest absolute Gasteiger partial charge is 0.508 e. The van der Waals surface area contributed by atoms with Crippen LogP contribution in [0.25, 0.3) is 0 Å². The molecule has 5 rings (SSSR count). The van der Waals surface area contributed by atoms with Crippen LogP contribution in [0.3, 0.4) is 0 Å². The molecule has 4 atom stereocenters. The molecule has 0 fully saturated rings. The van der Waals surface area contributed by atoms with Crippen molar-refractivity contribution in [3.63, 3.8) is 0 Å². The monoisotopic (exact) mass is 703 g/mol. The van der Waals surface area contributed by atoms with Crippen molar-refractivity contribution in [2.45, 2.75) is 70.2 Å². The zero-order valence-electron chi connectivity index (χ0n) is 29.3. The van der Waals surface area contributed by atoms with Crippen LogP contribution in [0, 0.1) is 13.8 Å². The fraction of sp³-hybridized carbons (Fsp3) is 0.275. The van der Waals surface area contributed by atoms with Crippen molar-refractivity contribution in [2.24, 2.45) is 22.2 Å². The molecule has 0 radical (unpaired) electrons. The smallest absolute Gasteiger partial charge is 0.248 e. The first-order chi connectivity index (χ1) is 24.9. The molecular weight excluding hydrogens is 658 g/mol. The summed E-state index contributed by atoms with van der Waals surface area (Å²) in [4.78, 5) is 61.1. The molecule has 0 unspecified atom stereocenters. The van der Waals surface area contributed by atoms with Gasteiger partial charge in [0, 0.05) is 32.2 Å². The van der Waals surface area contributed by atoms with Gasteiger partial charge in [-0.25, -0.2) is 4.99 Å². The molecule has 270 valence electrons. The van der Waals surface area contributed by atoms with Crippen molar-refractivity contribution in [3.8, 4) is 5.75 Å². The van der Waals surface area contributed by atoms with Gasteiger partial charge >= 0.3 is 0 Å². The molecule has 0 bridgehead atoms. The van der Waals surface area contributed by atoms with E-state index in [9.17, 15) is 24.3 Å². The van der Waals surface area contributed by atoms with E-state index in [1.165, 1.54) is 4.90 Å². The van der Waals surface area contributed by atoms with E-state index in [1.54, 1.807) is 12.1 Å². The Bertz CT molecular complexity index is 1920. The predicted molar refractivity (Wildman–Crippen MR) is 199 cm³/mol. The van der Waals surface area contributed by atoms with E-state index in [0.717, 1.165) is 38.9 Å². The molecule has 12 nitrogen and oxygen atoms in total. The van der Waals surface area contributed by atoms with Crippen molar-refractivity contribution in [3.05, 3.63) is 136 Å². The normalized spacial score (nSPS) is 15.3. The van der Waals surface area contributed by atoms with Gasteiger partial charge in [-0.15, -0.1) is 0 Å². The lowest BCUT2D eigenvalue weighted by Crippen LogP contribution is -2.60. The molecule has 12 heteroatoms. The van der Waals surface area contributed by atoms with Crippen LogP contribution < -0.4 is 27.8 Å². The number of fused-ring (bicyclic) bond motifs is 1. The molecule has 1 heterocycles. The van der Waals surface area contributed by atoms with Crippen LogP contribution in [-0.4, -0.2) is 63.8 Å². The summed E-state index contributed by atoms with van der Waals surface area (Å²) in [5, 5.41) is 15.8. The minimum absolute atomic E-state index is 0.101. The van der Waals surface area contributed by atoms with E-state index in [2.05, 4.69) is 15.6 Å². The number of nitrogens with zero attached hydrogens (tertiary/aromatic N) is 2. The Kier molecular flexibility index (Phi) is 11.9. The number of primary amides is 1. The number of hydrogen-bond donors (Lipinski definition) is 6. The highest BCUT2D eigenvalue weighted by Gasteiger charge is 2.39. The molecule has 52 heavy (non-hydrogen) atoms. The fourth-order valence-electron chi connectivity index (χ4n) is 6.71. The first-order valence-corrected chi connectivity index (χ1v) is 17.1. The molecule has 4 amide bonds. The van der Waals surface area contributed by atoms with Crippen molar-refractivity contribution in [1.82, 2.24) is 15.5 Å². The lowest BCUT2D eigenvalue weighted by Gasteiger charge is -2.38. The number of amides is 4. The van der Waals surface area contributed by atoms with E-state index < -0.39 is 47.8 Å². The maximum absolute atomic E-state index is 14.5. The molecule has 4 aromatic rings. The van der Waals surface area contributed by atoms with Crippen LogP contribution in [0.5, 0.6) is 5.75 Å². The van der Waals surface area contributed by atoms with Gasteiger partial charge < -0.3 is 37.8 Å². The van der Waals surface area contributed by atoms with Crippen LogP contribution in [0.4, 0.5) is 0 Å². The zero-order chi connectivity index (χ0) is 37.4. The molecule has 0 saturated carbocycles. The molecule has 0 saturated heterocycles. The maximum atomic E-state index is 14.5. The highest BCUT2D eigenvalue weighted by Crippen LogP contribution is 2.28. The summed E-state index contributed by atoms with van der Waals surface area (Å²) in [5.41, 5.74) is 23.0. The summed E-state index contributed by atoms with van der Waals surface area (Å²) in [6.45, 7) is 3.76. The van der Waals surface area contributed by atoms with Gasteiger partial charge in [0.05, 0.1) is 0 Å². The summed E-state index contributed by atoms with van der Waals surface area (Å²) >= 11 is 0. The Morgan fingerprint density at radius 1 is 0.769 bits per heavy atom. The van der Waals surface area contributed by atoms with Crippen molar-refractivity contribution < 1.29 is 24.3 Å². The summed E-state index contributed by atoms with van der Waals surface area (Å²) in [6.07, 6.45) is 0.581. The van der Waals surface area contributed by atoms with Gasteiger partial charge in [-0.1, -0.05) is 84.9 Å². The quantitative estimate of drug-likeness (QED) is 0.0902. The summed E-state index contributed by atoms with van der Waals surface area (Å²) in [5.74, 6) is -2.53. The van der Waals surface area contributed by atoms with Gasteiger partial charge in [-0.2, -0.15) is 0 Å². The number of nitrogens with two attached hydrogens (primary N) is 3. The second kappa shape index (κ2) is 16.7. The number of aromatic hydroxyl groups is 1. The Morgan fingerprint density at radius 2 is 1.31 bits per heavy atom. The number of hydrogen-bond acceptors (Lipinski definition) is 6. The predicted octanol–water partition coefficient (Wildman–Crippen LogP) is 2.09. The molecule has 1 aliphatic heterocycles. The molecule has 0 aromatic heterocycles. The lowest BCUT2D eigenvalue weighted by molar-refractivity contribution is -0.143. The highest BCUT2D eigenvalue weighted by molar-refractivity contribution is 5.96. The Labute approximate surface area is 303 Å². The standard InChI is InChI=1S/C40H45N7O5/c1-24-17-30(48)18-25(2)31(24)22-34(46-40(42)43)39(52)47-23-29-16-10-9-15-28(29)21-35(47)38(51)45-33(20-27-13-7-4-8-14-27)37(50)44-32(36(41)49)19-26-11-5-3-6-12-26/h3-18,32-35,48H,19-23H2,1-2H3,(H2,41,49)(H,44,50)(H,45,51)(H4,42,43,46)/t32-,33-,34-,35-/m0/s1. The fourth-order valence-corrected chi connectivity index (χ4v) is 6.71.